The van der Waals surface area contributed by atoms with Gasteiger partial charge in [0.15, 0.2) is 12.4 Å². The summed E-state index contributed by atoms with van der Waals surface area (Å²) in [5.41, 5.74) is 2.24. The van der Waals surface area contributed by atoms with E-state index in [1.807, 2.05) is 24.3 Å². The second-order valence-electron chi connectivity index (χ2n) is 6.12. The van der Waals surface area contributed by atoms with E-state index in [9.17, 15) is 13.2 Å². The molecule has 150 valence electrons. The molecular weight excluding hydrogens is 411 g/mol. The molecule has 11 heteroatoms. The van der Waals surface area contributed by atoms with Gasteiger partial charge in [-0.3, -0.25) is 0 Å². The quantitative estimate of drug-likeness (QED) is 0.462. The van der Waals surface area contributed by atoms with Gasteiger partial charge in [-0.05, 0) is 41.1 Å². The first-order chi connectivity index (χ1) is 13.9. The molecule has 7 nitrogen and oxygen atoms in total. The molecule has 0 atom stereocenters. The van der Waals surface area contributed by atoms with Gasteiger partial charge in [0.05, 0.1) is 5.02 Å². The van der Waals surface area contributed by atoms with Gasteiger partial charge in [-0.25, -0.2) is 0 Å². The van der Waals surface area contributed by atoms with Gasteiger partial charge in [-0.2, -0.15) is 18.4 Å². The van der Waals surface area contributed by atoms with Gasteiger partial charge in [0.2, 0.25) is 5.82 Å². The Morgan fingerprint density at radius 1 is 1.14 bits per heavy atom. The first kappa shape index (κ1) is 19.1. The standard InChI is InChI=1S/C18H13ClF3N5O2/c19-13-7-12(3-4-14(13)28-9-18(20,21)22)23-8-10-1-2-11-6-16(29-15(11)5-10)17-24-26-27-25-17/h1-7,23H,8-9H2,(H,24,25,26,27). The van der Waals surface area contributed by atoms with Crippen LogP contribution in [-0.2, 0) is 6.54 Å². The summed E-state index contributed by atoms with van der Waals surface area (Å²) >= 11 is 6.00. The van der Waals surface area contributed by atoms with Crippen molar-refractivity contribution < 1.29 is 22.3 Å². The van der Waals surface area contributed by atoms with Crippen molar-refractivity contribution in [2.45, 2.75) is 12.7 Å². The van der Waals surface area contributed by atoms with Crippen LogP contribution in [0.4, 0.5) is 18.9 Å². The van der Waals surface area contributed by atoms with Crippen LogP contribution < -0.4 is 10.1 Å². The van der Waals surface area contributed by atoms with Gasteiger partial charge in [-0.15, -0.1) is 10.2 Å². The van der Waals surface area contributed by atoms with E-state index < -0.39 is 12.8 Å². The van der Waals surface area contributed by atoms with E-state index >= 15 is 0 Å². The van der Waals surface area contributed by atoms with E-state index in [0.717, 1.165) is 10.9 Å². The number of ether oxygens (including phenoxy) is 1. The first-order valence-corrected chi connectivity index (χ1v) is 8.74. The number of tetrazole rings is 1. The third kappa shape index (κ3) is 4.60. The molecule has 0 fully saturated rings. The lowest BCUT2D eigenvalue weighted by Gasteiger charge is -2.12. The number of furan rings is 1. The van der Waals surface area contributed by atoms with E-state index in [4.69, 9.17) is 16.0 Å². The second kappa shape index (κ2) is 7.63. The molecule has 2 aromatic carbocycles. The molecule has 2 aromatic heterocycles. The van der Waals surface area contributed by atoms with Crippen molar-refractivity contribution in [2.75, 3.05) is 11.9 Å². The lowest BCUT2D eigenvalue weighted by Crippen LogP contribution is -2.19. The predicted octanol–water partition coefficient (Wildman–Crippen LogP) is 4.82. The molecule has 0 spiro atoms. The number of nitrogens with one attached hydrogen (secondary N) is 2. The number of nitrogens with zero attached hydrogens (tertiary/aromatic N) is 3. The molecule has 29 heavy (non-hydrogen) atoms. The summed E-state index contributed by atoms with van der Waals surface area (Å²) < 4.78 is 47.2. The predicted molar refractivity (Wildman–Crippen MR) is 99.7 cm³/mol. The highest BCUT2D eigenvalue weighted by atomic mass is 35.5. The number of rotatable bonds is 6. The first-order valence-electron chi connectivity index (χ1n) is 8.37. The highest BCUT2D eigenvalue weighted by Gasteiger charge is 2.28. The van der Waals surface area contributed by atoms with Crippen LogP contribution in [0.5, 0.6) is 5.75 Å². The van der Waals surface area contributed by atoms with Gasteiger partial charge in [0.1, 0.15) is 11.3 Å². The van der Waals surface area contributed by atoms with Gasteiger partial charge in [0, 0.05) is 17.6 Å². The van der Waals surface area contributed by atoms with Crippen LogP contribution >= 0.6 is 11.6 Å². The zero-order chi connectivity index (χ0) is 20.4. The number of H-pyrrole nitrogens is 1. The molecule has 0 aliphatic heterocycles. The number of aromatic amines is 1. The van der Waals surface area contributed by atoms with Crippen molar-refractivity contribution in [3.05, 3.63) is 53.1 Å². The van der Waals surface area contributed by atoms with Crippen molar-refractivity contribution in [2.24, 2.45) is 0 Å². The van der Waals surface area contributed by atoms with Gasteiger partial charge in [-0.1, -0.05) is 23.7 Å². The summed E-state index contributed by atoms with van der Waals surface area (Å²) in [5.74, 6) is 0.837. The lowest BCUT2D eigenvalue weighted by molar-refractivity contribution is -0.153. The molecule has 0 radical (unpaired) electrons. The molecule has 0 aliphatic rings. The van der Waals surface area contributed by atoms with Crippen LogP contribution in [0.2, 0.25) is 5.02 Å². The fourth-order valence-electron chi connectivity index (χ4n) is 2.65. The minimum Gasteiger partial charge on any atom is -0.483 e. The third-order valence-electron chi connectivity index (χ3n) is 3.97. The van der Waals surface area contributed by atoms with Crippen molar-refractivity contribution in [1.82, 2.24) is 20.6 Å². The van der Waals surface area contributed by atoms with Crippen LogP contribution in [0.15, 0.2) is 46.9 Å². The number of alkyl halides is 3. The molecule has 2 N–H and O–H groups in total. The Labute approximate surface area is 166 Å². The van der Waals surface area contributed by atoms with E-state index in [1.165, 1.54) is 12.1 Å². The molecule has 2 heterocycles. The highest BCUT2D eigenvalue weighted by molar-refractivity contribution is 6.32. The summed E-state index contributed by atoms with van der Waals surface area (Å²) in [6, 6.07) is 12.0. The maximum absolute atomic E-state index is 12.3. The highest BCUT2D eigenvalue weighted by Crippen LogP contribution is 2.30. The van der Waals surface area contributed by atoms with Crippen LogP contribution in [0.1, 0.15) is 5.56 Å². The van der Waals surface area contributed by atoms with Gasteiger partial charge in [0.25, 0.3) is 0 Å². The topological polar surface area (TPSA) is 88.9 Å². The summed E-state index contributed by atoms with van der Waals surface area (Å²) in [6.07, 6.45) is -4.42. The fourth-order valence-corrected chi connectivity index (χ4v) is 2.89. The zero-order valence-corrected chi connectivity index (χ0v) is 15.4. The Bertz CT molecular complexity index is 1130. The zero-order valence-electron chi connectivity index (χ0n) is 14.6. The number of fused-ring (bicyclic) bond motifs is 1. The average molecular weight is 424 g/mol. The van der Waals surface area contributed by atoms with Crippen molar-refractivity contribution in [3.8, 4) is 17.3 Å². The SMILES string of the molecule is FC(F)(F)COc1ccc(NCc2ccc3cc(-c4nn[nH]n4)oc3c2)cc1Cl. The normalized spacial score (nSPS) is 11.7. The number of aromatic nitrogens is 4. The second-order valence-corrected chi connectivity index (χ2v) is 6.53. The Morgan fingerprint density at radius 2 is 2.00 bits per heavy atom. The van der Waals surface area contributed by atoms with E-state index in [2.05, 4.69) is 30.7 Å². The van der Waals surface area contributed by atoms with Crippen molar-refractivity contribution in [3.63, 3.8) is 0 Å². The molecule has 0 bridgehead atoms. The van der Waals surface area contributed by atoms with Crippen molar-refractivity contribution >= 4 is 28.3 Å². The van der Waals surface area contributed by atoms with E-state index in [0.29, 0.717) is 29.4 Å². The van der Waals surface area contributed by atoms with E-state index in [-0.39, 0.29) is 10.8 Å². The Morgan fingerprint density at radius 3 is 2.72 bits per heavy atom. The summed E-state index contributed by atoms with van der Waals surface area (Å²) in [6.45, 7) is -0.943. The van der Waals surface area contributed by atoms with Gasteiger partial charge < -0.3 is 14.5 Å². The maximum atomic E-state index is 12.3. The molecule has 0 aliphatic carbocycles. The summed E-state index contributed by atoms with van der Waals surface area (Å²) in [4.78, 5) is 0. The average Bonchev–Trinajstić information content (AvgIpc) is 3.33. The number of anilines is 1. The molecule has 0 amide bonds. The Balaban J connectivity index is 1.43. The number of hydrogen-bond acceptors (Lipinski definition) is 6. The van der Waals surface area contributed by atoms with Crippen molar-refractivity contribution in [1.29, 1.82) is 0 Å². The number of hydrogen-bond donors (Lipinski definition) is 2. The molecule has 0 unspecified atom stereocenters. The number of halogens is 4. The van der Waals surface area contributed by atoms with Crippen LogP contribution in [0.3, 0.4) is 0 Å². The third-order valence-corrected chi connectivity index (χ3v) is 4.27. The molecule has 0 saturated heterocycles. The Kier molecular flexibility index (Phi) is 5.01. The van der Waals surface area contributed by atoms with Crippen LogP contribution in [0.25, 0.3) is 22.6 Å². The summed E-state index contributed by atoms with van der Waals surface area (Å²) in [5, 5.41) is 17.8. The van der Waals surface area contributed by atoms with E-state index in [1.54, 1.807) is 6.07 Å². The number of benzene rings is 2. The summed E-state index contributed by atoms with van der Waals surface area (Å²) in [7, 11) is 0. The monoisotopic (exact) mass is 423 g/mol. The lowest BCUT2D eigenvalue weighted by atomic mass is 10.1. The van der Waals surface area contributed by atoms with Crippen LogP contribution in [-0.4, -0.2) is 33.4 Å². The minimum absolute atomic E-state index is 0.0273. The molecule has 4 aromatic rings. The minimum atomic E-state index is -4.42. The molecule has 0 saturated carbocycles. The largest absolute Gasteiger partial charge is 0.483 e. The smallest absolute Gasteiger partial charge is 0.422 e. The maximum Gasteiger partial charge on any atom is 0.422 e. The Hall–Kier alpha value is -3.27. The van der Waals surface area contributed by atoms with Crippen LogP contribution in [0, 0.1) is 0 Å². The molecular formula is C18H13ClF3N5O2. The molecule has 4 rings (SSSR count). The fraction of sp³-hybridized carbons (Fsp3) is 0.167. The van der Waals surface area contributed by atoms with Gasteiger partial charge >= 0.3 is 6.18 Å².